The highest BCUT2D eigenvalue weighted by atomic mass is 32.2. The van der Waals surface area contributed by atoms with Gasteiger partial charge < -0.3 is 147 Å². The quantitative estimate of drug-likeness (QED) is 0.00561. The van der Waals surface area contributed by atoms with Crippen LogP contribution in [0.3, 0.4) is 0 Å². The van der Waals surface area contributed by atoms with Gasteiger partial charge in [-0.25, -0.2) is 0 Å². The van der Waals surface area contributed by atoms with Crippen LogP contribution in [-0.2, 0) is 88.6 Å². The number of rotatable bonds is 67. The number of unbranched alkanes of at least 4 members (excludes halogenated alkanes) is 2. The van der Waals surface area contributed by atoms with Crippen LogP contribution in [-0.4, -0.2) is 298 Å². The van der Waals surface area contributed by atoms with E-state index in [0.717, 1.165) is 39.3 Å². The molecule has 826 valence electrons. The lowest BCUT2D eigenvalue weighted by molar-refractivity contribution is -0.433. The fourth-order valence-corrected chi connectivity index (χ4v) is 18.9. The van der Waals surface area contributed by atoms with Gasteiger partial charge in [-0.15, -0.1) is 11.8 Å². The number of fused-ring (bicyclic) bond motifs is 2. The van der Waals surface area contributed by atoms with E-state index in [0.29, 0.717) is 56.4 Å². The number of likely N-dealkylation sites (tertiary alicyclic amines) is 1. The molecular weight excluding hydrogens is 2000 g/mol. The Morgan fingerprint density at radius 1 is 0.423 bits per heavy atom. The highest BCUT2D eigenvalue weighted by molar-refractivity contribution is 8.00. The number of hydrogen-bond acceptors (Lipinski definition) is 26. The Labute approximate surface area is 870 Å². The van der Waals surface area contributed by atoms with Gasteiger partial charge in [0.2, 0.25) is 76.6 Å². The van der Waals surface area contributed by atoms with Crippen LogP contribution in [0.2, 0.25) is 0 Å². The van der Waals surface area contributed by atoms with Crippen LogP contribution in [0.1, 0.15) is 188 Å². The van der Waals surface area contributed by atoms with Gasteiger partial charge in [-0.2, -0.15) is 21.4 Å². The summed E-state index contributed by atoms with van der Waals surface area (Å²) in [4.78, 5) is 174. The molecule has 3 heterocycles. The maximum absolute atomic E-state index is 15.1. The van der Waals surface area contributed by atoms with Crippen molar-refractivity contribution >= 4 is 168 Å². The van der Waals surface area contributed by atoms with E-state index in [1.165, 1.54) is 24.3 Å². The monoisotopic (exact) mass is 2150 g/mol. The van der Waals surface area contributed by atoms with E-state index < -0.39 is 197 Å². The molecule has 149 heavy (non-hydrogen) atoms. The van der Waals surface area contributed by atoms with Crippen LogP contribution in [0.15, 0.2) is 82.3 Å². The van der Waals surface area contributed by atoms with Gasteiger partial charge in [0.05, 0.1) is 20.5 Å². The third-order valence-electron chi connectivity index (χ3n) is 24.5. The molecule has 1 saturated heterocycles. The molecule has 55 nitrogen and oxygen atoms in total. The second-order valence-electron chi connectivity index (χ2n) is 36.9. The number of allylic oxidation sites excluding steroid dienone is 6. The standard InChI is InChI=1S/C91H151N37O18S3/c1-7-126-65-35-33-53(148(141,142)143)48-55(65)90(3,4)68(126)30-10-8-11-31-69-91(5,6)56-49-54(149(144,145)146)34-36-66(56)127(69)46-13-9-12-32-70(129)109-45-47-128-71(130)50-67(81(128)140)147-51-64(72(92)131)125-80(139)63(29-21-44-117-89(107)108)124-79(138)62(28-20-43-116-88(105)106)123-78(137)61(27-19-42-115-87(103)104)122-77(136)60(26-18-41-114-86(101)102)121-76(135)59(25-17-40-113-85(99)100)120-75(134)58(24-16-39-112-84(97)98)119-74(133)57(23-15-38-111-83(95)96)118-73(132)52(2)22-14-37-110-82(93)94/h8,10-11,30-31,33-36,48-49,52,57-64,67H,7,9,12-29,32,37-47,50-51H2,1-6H3,(H44-,92,93,94,95,96,97,98,99,100,101,102,103,104,105,106,107,108,109,110,111,112,113,114,115,116,117,118,119,120,121,122,123,124,125,129,131,132,133,134,135,136,137,138,139,141,142,143,144,145,146)/p+1/t52-,57-,58-,59-,60-,61-,62-,63-,64-,67?/m1/s1. The van der Waals surface area contributed by atoms with Crippen molar-refractivity contribution in [3.05, 3.63) is 83.6 Å². The summed E-state index contributed by atoms with van der Waals surface area (Å²) in [6, 6.07) is -3.57. The second kappa shape index (κ2) is 61.2. The zero-order valence-electron chi connectivity index (χ0n) is 84.9. The Bertz CT molecular complexity index is 5510. The first-order chi connectivity index (χ1) is 70.1. The summed E-state index contributed by atoms with van der Waals surface area (Å²) >= 11 is 0.819. The average molecular weight is 2150 g/mol. The van der Waals surface area contributed by atoms with E-state index in [1.807, 2.05) is 65.0 Å². The van der Waals surface area contributed by atoms with E-state index in [4.69, 9.17) is 94.9 Å². The number of nitrogens with zero attached hydrogens (tertiary/aromatic N) is 3. The predicted octanol–water partition coefficient (Wildman–Crippen LogP) is -4.99. The number of primary amides is 1. The maximum atomic E-state index is 15.1. The Morgan fingerprint density at radius 3 is 1.11 bits per heavy atom. The molecule has 10 atom stereocenters. The molecule has 1 unspecified atom stereocenters. The van der Waals surface area contributed by atoms with Gasteiger partial charge in [0.1, 0.15) is 54.9 Å². The molecule has 0 aromatic heterocycles. The Morgan fingerprint density at radius 2 is 0.765 bits per heavy atom. The van der Waals surface area contributed by atoms with Crippen LogP contribution >= 0.6 is 11.8 Å². The molecule has 5 rings (SSSR count). The Hall–Kier alpha value is -14.7. The largest absolute Gasteiger partial charge is 0.370 e. The number of nitrogens with one attached hydrogen (secondary N) is 25. The lowest BCUT2D eigenvalue weighted by Crippen LogP contribution is -2.60. The van der Waals surface area contributed by atoms with E-state index in [1.54, 1.807) is 19.1 Å². The molecule has 0 aliphatic carbocycles. The number of imide groups is 1. The summed E-state index contributed by atoms with van der Waals surface area (Å²) < 4.78 is 70.9. The summed E-state index contributed by atoms with van der Waals surface area (Å²) in [6.07, 6.45) is 9.92. The summed E-state index contributed by atoms with van der Waals surface area (Å²) in [5, 5.41) is 105. The molecule has 0 radical (unpaired) electrons. The molecule has 0 saturated carbocycles. The highest BCUT2D eigenvalue weighted by Gasteiger charge is 2.47. The molecule has 3 aliphatic heterocycles. The number of thioether (sulfide) groups is 1. The summed E-state index contributed by atoms with van der Waals surface area (Å²) in [7, 11) is -9.04. The van der Waals surface area contributed by atoms with Gasteiger partial charge in [0.25, 0.3) is 20.2 Å². The SMILES string of the molecule is CC[N+]1=C(/C=C/C=C/C=C2/N(CCCCCC(=O)NCCN3C(=O)CC(SC[C@@H](NC(=O)[C@@H](CCCNC(=N)N)NC(=O)[C@@H](CCCNC(=N)N)NC(=O)[C@@H](CCCNC(=N)N)NC(=O)[C@@H](CCCNC(=N)N)NC(=O)[C@@H](CCCNC(=N)N)NC(=O)[C@@H](CCCNC(=N)N)NC(=O)[C@@H](CCCNC(=N)N)NC(=O)[C@H](C)CCCNC(=N)N)C(N)=O)C3=O)c3ccc(S(=O)(=O)O)cc3C2(C)C)C(C)(C)c2cc(S(=O)(=O)O)ccc21. The second-order valence-corrected chi connectivity index (χ2v) is 40.9. The van der Waals surface area contributed by atoms with Gasteiger partial charge >= 0.3 is 0 Å². The van der Waals surface area contributed by atoms with E-state index in [-0.39, 0.29) is 196 Å². The molecule has 2 aromatic rings. The molecular formula is C91H152N37O18S3+. The lowest BCUT2D eigenvalue weighted by atomic mass is 9.81. The summed E-state index contributed by atoms with van der Waals surface area (Å²) in [6.45, 7) is 12.1. The smallest absolute Gasteiger partial charge is 0.294 e. The Balaban J connectivity index is 1.32. The van der Waals surface area contributed by atoms with E-state index >= 15 is 14.4 Å². The fourth-order valence-electron chi connectivity index (χ4n) is 16.7. The average Bonchev–Trinajstić information content (AvgIpc) is 1.58. The van der Waals surface area contributed by atoms with Gasteiger partial charge in [0.15, 0.2) is 53.4 Å². The lowest BCUT2D eigenvalue weighted by Gasteiger charge is -2.28. The van der Waals surface area contributed by atoms with Crippen LogP contribution in [0.5, 0.6) is 0 Å². The molecule has 45 N–H and O–H groups in total. The van der Waals surface area contributed by atoms with Gasteiger partial charge in [-0.1, -0.05) is 45.4 Å². The molecule has 0 spiro atoms. The molecule has 0 bridgehead atoms. The number of hydrogen-bond donors (Lipinski definition) is 36. The zero-order valence-corrected chi connectivity index (χ0v) is 87.3. The molecule has 2 aromatic carbocycles. The summed E-state index contributed by atoms with van der Waals surface area (Å²) in [5.74, 6) is -14.7. The van der Waals surface area contributed by atoms with Crippen molar-refractivity contribution in [2.24, 2.45) is 57.5 Å². The number of anilines is 1. The van der Waals surface area contributed by atoms with Crippen molar-refractivity contribution in [3.63, 3.8) is 0 Å². The van der Waals surface area contributed by atoms with E-state index in [9.17, 15) is 69.1 Å². The number of nitrogens with two attached hydrogens (primary N) is 9. The first-order valence-electron chi connectivity index (χ1n) is 48.9. The molecule has 12 amide bonds. The van der Waals surface area contributed by atoms with Crippen LogP contribution in [0, 0.1) is 49.2 Å². The highest BCUT2D eigenvalue weighted by Crippen LogP contribution is 2.49. The van der Waals surface area contributed by atoms with Crippen molar-refractivity contribution in [2.45, 2.75) is 251 Å². The number of carbonyl (C=O) groups excluding carboxylic acids is 12. The molecule has 3 aliphatic rings. The maximum Gasteiger partial charge on any atom is 0.294 e. The third kappa shape index (κ3) is 42.6. The first-order valence-corrected chi connectivity index (χ1v) is 52.8. The number of guanidine groups is 8. The molecule has 58 heteroatoms. The summed E-state index contributed by atoms with van der Waals surface area (Å²) in [5.41, 5.74) is 53.5. The van der Waals surface area contributed by atoms with Crippen molar-refractivity contribution < 1.29 is 88.1 Å². The minimum absolute atomic E-state index is 0.00263. The normalized spacial score (nSPS) is 16.0. The van der Waals surface area contributed by atoms with Crippen LogP contribution in [0.25, 0.3) is 0 Å². The van der Waals surface area contributed by atoms with Gasteiger partial charge in [-0.05, 0) is 178 Å². The first kappa shape index (κ1) is 125. The van der Waals surface area contributed by atoms with Crippen molar-refractivity contribution in [3.8, 4) is 0 Å². The van der Waals surface area contributed by atoms with Gasteiger partial charge in [0, 0.05) is 131 Å². The van der Waals surface area contributed by atoms with Crippen molar-refractivity contribution in [1.29, 1.82) is 43.3 Å². The third-order valence-corrected chi connectivity index (χ3v) is 27.5. The minimum Gasteiger partial charge on any atom is -0.370 e. The Kier molecular flexibility index (Phi) is 51.2. The van der Waals surface area contributed by atoms with Crippen molar-refractivity contribution in [2.75, 3.05) is 89.2 Å². The van der Waals surface area contributed by atoms with Crippen molar-refractivity contribution in [1.82, 2.24) is 95.3 Å². The molecule has 1 fully saturated rings. The van der Waals surface area contributed by atoms with E-state index in [2.05, 4.69) is 99.9 Å². The number of carbonyl (C=O) groups is 12. The number of benzene rings is 2. The topological polar surface area (TPSA) is 953 Å². The predicted molar refractivity (Wildman–Crippen MR) is 564 cm³/mol. The van der Waals surface area contributed by atoms with Gasteiger partial charge in [-0.3, -0.25) is 115 Å². The minimum atomic E-state index is -4.58. The van der Waals surface area contributed by atoms with Crippen LogP contribution < -0.4 is 147 Å². The zero-order chi connectivity index (χ0) is 111. The fraction of sp³-hybridized carbons (Fsp3) is 0.571. The number of amides is 12. The van der Waals surface area contributed by atoms with Crippen LogP contribution in [0.4, 0.5) is 11.4 Å².